The Hall–Kier alpha value is -0.870. The van der Waals surface area contributed by atoms with Gasteiger partial charge in [-0.3, -0.25) is 4.79 Å². The number of halogens is 1. The maximum Gasteiger partial charge on any atom is 0.226 e. The first-order chi connectivity index (χ1) is 9.15. The number of nitrogens with zero attached hydrogens (tertiary/aromatic N) is 2. The molecule has 19 heavy (non-hydrogen) atoms. The normalized spacial score (nSPS) is 27.4. The Morgan fingerprint density at radius 2 is 2.00 bits per heavy atom. The Morgan fingerprint density at radius 3 is 2.68 bits per heavy atom. The molecule has 0 aromatic heterocycles. The summed E-state index contributed by atoms with van der Waals surface area (Å²) < 4.78 is 1.10. The second-order valence-electron chi connectivity index (χ2n) is 5.63. The van der Waals surface area contributed by atoms with Crippen molar-refractivity contribution < 1.29 is 4.79 Å². The minimum atomic E-state index is 0.220. The van der Waals surface area contributed by atoms with E-state index in [1.54, 1.807) is 0 Å². The van der Waals surface area contributed by atoms with Crippen molar-refractivity contribution in [1.29, 1.82) is 0 Å². The predicted molar refractivity (Wildman–Crippen MR) is 79.1 cm³/mol. The SMILES string of the molecule is CN1CCN(C(=O)[C@H]2C[C@@H]2c2cccc(Br)c2)CC1. The second kappa shape index (κ2) is 5.25. The Morgan fingerprint density at radius 1 is 1.26 bits per heavy atom. The second-order valence-corrected chi connectivity index (χ2v) is 6.55. The molecule has 0 spiro atoms. The van der Waals surface area contributed by atoms with Crippen LogP contribution in [-0.4, -0.2) is 48.9 Å². The molecule has 2 aliphatic rings. The van der Waals surface area contributed by atoms with E-state index in [4.69, 9.17) is 0 Å². The topological polar surface area (TPSA) is 23.6 Å². The molecule has 2 fully saturated rings. The monoisotopic (exact) mass is 322 g/mol. The van der Waals surface area contributed by atoms with Crippen LogP contribution in [0.25, 0.3) is 0 Å². The lowest BCUT2D eigenvalue weighted by atomic mass is 10.1. The van der Waals surface area contributed by atoms with E-state index in [9.17, 15) is 4.79 Å². The maximum absolute atomic E-state index is 12.4. The van der Waals surface area contributed by atoms with Crippen LogP contribution < -0.4 is 0 Å². The molecule has 1 aromatic rings. The number of hydrogen-bond acceptors (Lipinski definition) is 2. The van der Waals surface area contributed by atoms with Crippen molar-refractivity contribution in [3.8, 4) is 0 Å². The Kier molecular flexibility index (Phi) is 3.63. The van der Waals surface area contributed by atoms with Gasteiger partial charge in [0.05, 0.1) is 0 Å². The molecule has 4 heteroatoms. The van der Waals surface area contributed by atoms with Gasteiger partial charge in [-0.1, -0.05) is 28.1 Å². The number of benzene rings is 1. The average Bonchev–Trinajstić information content (AvgIpc) is 3.19. The minimum absolute atomic E-state index is 0.220. The molecule has 0 unspecified atom stereocenters. The highest BCUT2D eigenvalue weighted by Gasteiger charge is 2.45. The quantitative estimate of drug-likeness (QED) is 0.834. The number of amides is 1. The molecule has 2 atom stereocenters. The van der Waals surface area contributed by atoms with Crippen molar-refractivity contribution in [1.82, 2.24) is 9.80 Å². The lowest BCUT2D eigenvalue weighted by molar-refractivity contribution is -0.134. The summed E-state index contributed by atoms with van der Waals surface area (Å²) in [5.74, 6) is 1.01. The van der Waals surface area contributed by atoms with Crippen molar-refractivity contribution in [3.63, 3.8) is 0 Å². The van der Waals surface area contributed by atoms with Gasteiger partial charge in [-0.2, -0.15) is 0 Å². The summed E-state index contributed by atoms with van der Waals surface area (Å²) >= 11 is 3.50. The van der Waals surface area contributed by atoms with E-state index in [1.807, 2.05) is 11.0 Å². The molecule has 1 heterocycles. The van der Waals surface area contributed by atoms with E-state index in [-0.39, 0.29) is 5.92 Å². The molecule has 0 bridgehead atoms. The molecule has 1 saturated heterocycles. The molecular formula is C15H19BrN2O. The molecular weight excluding hydrogens is 304 g/mol. The zero-order valence-electron chi connectivity index (χ0n) is 11.2. The molecule has 1 aromatic carbocycles. The van der Waals surface area contributed by atoms with Crippen molar-refractivity contribution in [2.45, 2.75) is 12.3 Å². The third kappa shape index (κ3) is 2.84. The maximum atomic E-state index is 12.4. The fourth-order valence-electron chi connectivity index (χ4n) is 2.83. The van der Waals surface area contributed by atoms with Crippen molar-refractivity contribution in [2.24, 2.45) is 5.92 Å². The van der Waals surface area contributed by atoms with Crippen LogP contribution in [0.5, 0.6) is 0 Å². The van der Waals surface area contributed by atoms with Crippen LogP contribution in [0.15, 0.2) is 28.7 Å². The minimum Gasteiger partial charge on any atom is -0.340 e. The molecule has 0 radical (unpaired) electrons. The summed E-state index contributed by atoms with van der Waals surface area (Å²) in [5, 5.41) is 0. The van der Waals surface area contributed by atoms with E-state index >= 15 is 0 Å². The molecule has 1 saturated carbocycles. The van der Waals surface area contributed by atoms with Crippen molar-refractivity contribution >= 4 is 21.8 Å². The van der Waals surface area contributed by atoms with Gasteiger partial charge in [-0.15, -0.1) is 0 Å². The van der Waals surface area contributed by atoms with E-state index < -0.39 is 0 Å². The van der Waals surface area contributed by atoms with Gasteiger partial charge >= 0.3 is 0 Å². The summed E-state index contributed by atoms with van der Waals surface area (Å²) in [6.45, 7) is 3.77. The highest BCUT2D eigenvalue weighted by atomic mass is 79.9. The smallest absolute Gasteiger partial charge is 0.226 e. The molecule has 1 amide bonds. The molecule has 102 valence electrons. The third-order valence-electron chi connectivity index (χ3n) is 4.20. The van der Waals surface area contributed by atoms with Crippen LogP contribution >= 0.6 is 15.9 Å². The standard InChI is InChI=1S/C15H19BrN2O/c1-17-5-7-18(8-6-17)15(19)14-10-13(14)11-3-2-4-12(16)9-11/h2-4,9,13-14H,5-8,10H2,1H3/t13-,14+/m1/s1. The van der Waals surface area contributed by atoms with Gasteiger partial charge in [0.15, 0.2) is 0 Å². The summed E-state index contributed by atoms with van der Waals surface area (Å²) in [4.78, 5) is 16.8. The van der Waals surface area contributed by atoms with Crippen molar-refractivity contribution in [2.75, 3.05) is 33.2 Å². The largest absolute Gasteiger partial charge is 0.340 e. The van der Waals surface area contributed by atoms with E-state index in [0.717, 1.165) is 37.1 Å². The average molecular weight is 323 g/mol. The Labute approximate surface area is 122 Å². The zero-order chi connectivity index (χ0) is 13.4. The van der Waals surface area contributed by atoms with Crippen LogP contribution in [0, 0.1) is 5.92 Å². The number of likely N-dealkylation sites (N-methyl/N-ethyl adjacent to an activating group) is 1. The molecule has 1 aliphatic carbocycles. The lowest BCUT2D eigenvalue weighted by Gasteiger charge is -2.32. The molecule has 0 N–H and O–H groups in total. The Bertz CT molecular complexity index is 483. The highest BCUT2D eigenvalue weighted by Crippen LogP contribution is 2.48. The molecule has 3 nitrogen and oxygen atoms in total. The molecule has 1 aliphatic heterocycles. The van der Waals surface area contributed by atoms with Crippen LogP contribution in [0.2, 0.25) is 0 Å². The third-order valence-corrected chi connectivity index (χ3v) is 4.69. The number of hydrogen-bond donors (Lipinski definition) is 0. The fraction of sp³-hybridized carbons (Fsp3) is 0.533. The van der Waals surface area contributed by atoms with Crippen LogP contribution in [-0.2, 0) is 4.79 Å². The summed E-state index contributed by atoms with van der Waals surface area (Å²) in [6, 6.07) is 8.35. The number of carbonyl (C=O) groups excluding carboxylic acids is 1. The van der Waals surface area contributed by atoms with Gasteiger partial charge in [0.1, 0.15) is 0 Å². The van der Waals surface area contributed by atoms with E-state index in [0.29, 0.717) is 11.8 Å². The van der Waals surface area contributed by atoms with Crippen LogP contribution in [0.1, 0.15) is 17.9 Å². The Balaban J connectivity index is 1.62. The van der Waals surface area contributed by atoms with Crippen LogP contribution in [0.3, 0.4) is 0 Å². The van der Waals surface area contributed by atoms with Gasteiger partial charge in [0.2, 0.25) is 5.91 Å². The zero-order valence-corrected chi connectivity index (χ0v) is 12.8. The lowest BCUT2D eigenvalue weighted by Crippen LogP contribution is -2.47. The fourth-order valence-corrected chi connectivity index (χ4v) is 3.25. The first-order valence-corrected chi connectivity index (χ1v) is 7.67. The number of carbonyl (C=O) groups is 1. The first kappa shape index (κ1) is 13.1. The van der Waals surface area contributed by atoms with Crippen LogP contribution in [0.4, 0.5) is 0 Å². The predicted octanol–water partition coefficient (Wildman–Crippen LogP) is 2.33. The van der Waals surface area contributed by atoms with E-state index in [1.165, 1.54) is 5.56 Å². The van der Waals surface area contributed by atoms with Gasteiger partial charge in [0, 0.05) is 36.6 Å². The van der Waals surface area contributed by atoms with Gasteiger partial charge in [0.25, 0.3) is 0 Å². The number of rotatable bonds is 2. The van der Waals surface area contributed by atoms with Gasteiger partial charge in [-0.25, -0.2) is 0 Å². The number of piperazine rings is 1. The van der Waals surface area contributed by atoms with Gasteiger partial charge < -0.3 is 9.80 Å². The van der Waals surface area contributed by atoms with Gasteiger partial charge in [-0.05, 0) is 37.1 Å². The van der Waals surface area contributed by atoms with Crippen molar-refractivity contribution in [3.05, 3.63) is 34.3 Å². The summed E-state index contributed by atoms with van der Waals surface area (Å²) in [7, 11) is 2.11. The molecule has 3 rings (SSSR count). The highest BCUT2D eigenvalue weighted by molar-refractivity contribution is 9.10. The van der Waals surface area contributed by atoms with E-state index in [2.05, 4.69) is 46.1 Å². The first-order valence-electron chi connectivity index (χ1n) is 6.88. The summed E-state index contributed by atoms with van der Waals surface area (Å²) in [5.41, 5.74) is 1.29. The summed E-state index contributed by atoms with van der Waals surface area (Å²) in [6.07, 6.45) is 1.02.